The van der Waals surface area contributed by atoms with Crippen LogP contribution in [-0.2, 0) is 10.7 Å². The van der Waals surface area contributed by atoms with Crippen LogP contribution in [-0.4, -0.2) is 24.3 Å². The molecule has 1 unspecified atom stereocenters. The van der Waals surface area contributed by atoms with E-state index >= 15 is 0 Å². The largest absolute Gasteiger partial charge is 0.444 e. The van der Waals surface area contributed by atoms with Crippen LogP contribution < -0.4 is 11.1 Å². The van der Waals surface area contributed by atoms with Gasteiger partial charge in [-0.15, -0.1) is 0 Å². The van der Waals surface area contributed by atoms with Crippen LogP contribution in [0.2, 0.25) is 0 Å². The highest BCUT2D eigenvalue weighted by Gasteiger charge is 2.35. The molecule has 1 rings (SSSR count). The number of nitrogens with one attached hydrogen (secondary N) is 1. The summed E-state index contributed by atoms with van der Waals surface area (Å²) in [5.74, 6) is -3.07. The lowest BCUT2D eigenvalue weighted by Gasteiger charge is -2.26. The second kappa shape index (κ2) is 6.85. The summed E-state index contributed by atoms with van der Waals surface area (Å²) < 4.78 is 33.3. The first-order chi connectivity index (χ1) is 9.64. The SMILES string of the molecule is CC(C)(C)OC(=O)NC(CN)CC(F)(F)c1ccccc1. The third-order valence-corrected chi connectivity index (χ3v) is 2.70. The van der Waals surface area contributed by atoms with Crippen LogP contribution in [0.1, 0.15) is 32.8 Å². The van der Waals surface area contributed by atoms with Gasteiger partial charge in [-0.25, -0.2) is 13.6 Å². The Morgan fingerprint density at radius 2 is 1.86 bits per heavy atom. The van der Waals surface area contributed by atoms with Gasteiger partial charge in [-0.1, -0.05) is 30.3 Å². The number of hydrogen-bond acceptors (Lipinski definition) is 3. The van der Waals surface area contributed by atoms with Crippen molar-refractivity contribution in [3.05, 3.63) is 35.9 Å². The molecule has 0 aliphatic carbocycles. The Hall–Kier alpha value is -1.69. The van der Waals surface area contributed by atoms with E-state index in [1.165, 1.54) is 12.1 Å². The third kappa shape index (κ3) is 6.08. The summed E-state index contributed by atoms with van der Waals surface area (Å²) >= 11 is 0. The second-order valence-electron chi connectivity index (χ2n) is 5.85. The number of carbonyl (C=O) groups excluding carboxylic acids is 1. The van der Waals surface area contributed by atoms with Crippen LogP contribution in [0.4, 0.5) is 13.6 Å². The standard InChI is InChI=1S/C15H22F2N2O2/c1-14(2,3)21-13(20)19-12(10-18)9-15(16,17)11-7-5-4-6-8-11/h4-8,12H,9-10,18H2,1-3H3,(H,19,20). The van der Waals surface area contributed by atoms with Crippen molar-refractivity contribution in [1.29, 1.82) is 0 Å². The Morgan fingerprint density at radius 3 is 2.33 bits per heavy atom. The summed E-state index contributed by atoms with van der Waals surface area (Å²) in [4.78, 5) is 11.6. The first-order valence-corrected chi connectivity index (χ1v) is 6.77. The van der Waals surface area contributed by atoms with Crippen LogP contribution in [0.25, 0.3) is 0 Å². The monoisotopic (exact) mass is 300 g/mol. The van der Waals surface area contributed by atoms with E-state index in [2.05, 4.69) is 5.32 Å². The van der Waals surface area contributed by atoms with Crippen molar-refractivity contribution < 1.29 is 18.3 Å². The van der Waals surface area contributed by atoms with Gasteiger partial charge in [0.1, 0.15) is 5.60 Å². The molecule has 0 spiro atoms. The van der Waals surface area contributed by atoms with E-state index in [9.17, 15) is 13.6 Å². The van der Waals surface area contributed by atoms with E-state index in [1.54, 1.807) is 39.0 Å². The maximum absolute atomic E-state index is 14.1. The molecule has 0 radical (unpaired) electrons. The number of ether oxygens (including phenoxy) is 1. The summed E-state index contributed by atoms with van der Waals surface area (Å²) in [6, 6.07) is 6.58. The topological polar surface area (TPSA) is 64.3 Å². The molecule has 6 heteroatoms. The zero-order valence-electron chi connectivity index (χ0n) is 12.5. The predicted octanol–water partition coefficient (Wildman–Crippen LogP) is 3.02. The first-order valence-electron chi connectivity index (χ1n) is 6.77. The highest BCUT2D eigenvalue weighted by Crippen LogP contribution is 2.32. The molecule has 1 amide bonds. The van der Waals surface area contributed by atoms with Crippen molar-refractivity contribution in [1.82, 2.24) is 5.32 Å². The minimum absolute atomic E-state index is 0.0956. The number of amides is 1. The van der Waals surface area contributed by atoms with Crippen LogP contribution in [0.5, 0.6) is 0 Å². The minimum atomic E-state index is -3.07. The van der Waals surface area contributed by atoms with Crippen LogP contribution in [0.15, 0.2) is 30.3 Å². The van der Waals surface area contributed by atoms with E-state index in [1.807, 2.05) is 0 Å². The Labute approximate surface area is 123 Å². The predicted molar refractivity (Wildman–Crippen MR) is 77.2 cm³/mol. The van der Waals surface area contributed by atoms with Crippen molar-refractivity contribution in [3.63, 3.8) is 0 Å². The van der Waals surface area contributed by atoms with Crippen LogP contribution in [0.3, 0.4) is 0 Å². The average Bonchev–Trinajstić information content (AvgIpc) is 2.36. The highest BCUT2D eigenvalue weighted by molar-refractivity contribution is 5.68. The summed E-state index contributed by atoms with van der Waals surface area (Å²) in [6.45, 7) is 5.00. The van der Waals surface area contributed by atoms with Gasteiger partial charge in [-0.3, -0.25) is 0 Å². The van der Waals surface area contributed by atoms with Gasteiger partial charge in [0.05, 0.1) is 6.04 Å². The Balaban J connectivity index is 2.67. The summed E-state index contributed by atoms with van der Waals surface area (Å²) in [7, 11) is 0. The fourth-order valence-corrected chi connectivity index (χ4v) is 1.78. The third-order valence-electron chi connectivity index (χ3n) is 2.70. The van der Waals surface area contributed by atoms with E-state index in [0.717, 1.165) is 0 Å². The number of alkyl halides is 2. The smallest absolute Gasteiger partial charge is 0.407 e. The van der Waals surface area contributed by atoms with Gasteiger partial charge in [-0.2, -0.15) is 0 Å². The molecule has 1 atom stereocenters. The molecule has 0 bridgehead atoms. The highest BCUT2D eigenvalue weighted by atomic mass is 19.3. The van der Waals surface area contributed by atoms with E-state index < -0.39 is 30.1 Å². The lowest BCUT2D eigenvalue weighted by atomic mass is 10.0. The molecule has 0 aliphatic rings. The lowest BCUT2D eigenvalue weighted by Crippen LogP contribution is -2.45. The van der Waals surface area contributed by atoms with E-state index in [4.69, 9.17) is 10.5 Å². The van der Waals surface area contributed by atoms with Gasteiger partial charge in [0.15, 0.2) is 0 Å². The molecule has 0 aromatic heterocycles. The van der Waals surface area contributed by atoms with Crippen molar-refractivity contribution in [2.24, 2.45) is 5.73 Å². The number of rotatable bonds is 5. The molecule has 0 aliphatic heterocycles. The van der Waals surface area contributed by atoms with Gasteiger partial charge in [-0.05, 0) is 20.8 Å². The zero-order valence-corrected chi connectivity index (χ0v) is 12.5. The van der Waals surface area contributed by atoms with E-state index in [0.29, 0.717) is 0 Å². The molecular formula is C15H22F2N2O2. The van der Waals surface area contributed by atoms with Crippen molar-refractivity contribution in [2.75, 3.05) is 6.54 Å². The molecule has 1 aromatic rings. The Bertz CT molecular complexity index is 458. The zero-order chi connectivity index (χ0) is 16.1. The molecule has 0 saturated carbocycles. The van der Waals surface area contributed by atoms with Crippen molar-refractivity contribution in [3.8, 4) is 0 Å². The van der Waals surface area contributed by atoms with Gasteiger partial charge >= 0.3 is 6.09 Å². The van der Waals surface area contributed by atoms with Gasteiger partial charge in [0.2, 0.25) is 0 Å². The van der Waals surface area contributed by atoms with Crippen molar-refractivity contribution >= 4 is 6.09 Å². The molecule has 0 saturated heterocycles. The maximum Gasteiger partial charge on any atom is 0.407 e. The molecule has 0 fully saturated rings. The van der Waals surface area contributed by atoms with E-state index in [-0.39, 0.29) is 12.1 Å². The van der Waals surface area contributed by atoms with Gasteiger partial charge in [0.25, 0.3) is 5.92 Å². The second-order valence-corrected chi connectivity index (χ2v) is 5.85. The average molecular weight is 300 g/mol. The van der Waals surface area contributed by atoms with Gasteiger partial charge in [0, 0.05) is 18.5 Å². The number of alkyl carbamates (subject to hydrolysis) is 1. The Kier molecular flexibility index (Phi) is 5.66. The fraction of sp³-hybridized carbons (Fsp3) is 0.533. The first kappa shape index (κ1) is 17.4. The van der Waals surface area contributed by atoms with Crippen LogP contribution in [0, 0.1) is 0 Å². The van der Waals surface area contributed by atoms with Gasteiger partial charge < -0.3 is 15.8 Å². The molecule has 118 valence electrons. The normalized spacial score (nSPS) is 13.6. The fourth-order valence-electron chi connectivity index (χ4n) is 1.78. The number of benzene rings is 1. The maximum atomic E-state index is 14.1. The summed E-state index contributed by atoms with van der Waals surface area (Å²) in [5.41, 5.74) is 4.67. The summed E-state index contributed by atoms with van der Waals surface area (Å²) in [5, 5.41) is 2.38. The molecule has 0 heterocycles. The van der Waals surface area contributed by atoms with Crippen molar-refractivity contribution in [2.45, 2.75) is 44.8 Å². The summed E-state index contributed by atoms with van der Waals surface area (Å²) in [6.07, 6.45) is -1.32. The molecule has 21 heavy (non-hydrogen) atoms. The number of carbonyl (C=O) groups is 1. The minimum Gasteiger partial charge on any atom is -0.444 e. The lowest BCUT2D eigenvalue weighted by molar-refractivity contribution is -0.0233. The number of halogens is 2. The molecule has 4 nitrogen and oxygen atoms in total. The molecular weight excluding hydrogens is 278 g/mol. The quantitative estimate of drug-likeness (QED) is 0.878. The molecule has 3 N–H and O–H groups in total. The number of nitrogens with two attached hydrogens (primary N) is 1. The Morgan fingerprint density at radius 1 is 1.29 bits per heavy atom. The number of hydrogen-bond donors (Lipinski definition) is 2. The molecule has 1 aromatic carbocycles. The van der Waals surface area contributed by atoms with Crippen LogP contribution >= 0.6 is 0 Å².